The fourth-order valence-electron chi connectivity index (χ4n) is 3.36. The van der Waals surface area contributed by atoms with Gasteiger partial charge in [-0.3, -0.25) is 4.79 Å². The van der Waals surface area contributed by atoms with Crippen molar-refractivity contribution < 1.29 is 9.53 Å². The van der Waals surface area contributed by atoms with Crippen LogP contribution in [0.1, 0.15) is 12.8 Å². The molecule has 0 aliphatic carbocycles. The summed E-state index contributed by atoms with van der Waals surface area (Å²) in [6, 6.07) is 15.4. The number of hydrogen-bond donors (Lipinski definition) is 0. The van der Waals surface area contributed by atoms with E-state index in [1.165, 1.54) is 0 Å². The average Bonchev–Trinajstić information content (AvgIpc) is 3.35. The van der Waals surface area contributed by atoms with Crippen molar-refractivity contribution in [2.75, 3.05) is 25.4 Å². The summed E-state index contributed by atoms with van der Waals surface area (Å²) < 4.78 is 7.79. The minimum absolute atomic E-state index is 0.162. The zero-order chi connectivity index (χ0) is 19.3. The van der Waals surface area contributed by atoms with E-state index in [-0.39, 0.29) is 5.91 Å². The summed E-state index contributed by atoms with van der Waals surface area (Å²) in [6.07, 6.45) is 2.19. The van der Waals surface area contributed by atoms with E-state index in [0.717, 1.165) is 42.1 Å². The van der Waals surface area contributed by atoms with Crippen LogP contribution in [0.5, 0.6) is 5.75 Å². The zero-order valence-electron chi connectivity index (χ0n) is 15.5. The van der Waals surface area contributed by atoms with Gasteiger partial charge in [0.2, 0.25) is 5.91 Å². The molecule has 0 unspecified atom stereocenters. The third-order valence-corrected chi connectivity index (χ3v) is 6.03. The monoisotopic (exact) mass is 415 g/mol. The molecule has 7 heteroatoms. The van der Waals surface area contributed by atoms with Crippen LogP contribution in [0, 0.1) is 0 Å². The summed E-state index contributed by atoms with van der Waals surface area (Å²) in [5.74, 6) is 1.56. The molecule has 0 N–H and O–H groups in total. The number of carbonyl (C=O) groups excluding carboxylic acids is 1. The molecule has 2 aromatic carbocycles. The van der Waals surface area contributed by atoms with Gasteiger partial charge in [-0.1, -0.05) is 47.6 Å². The molecular weight excluding hydrogens is 394 g/mol. The Kier molecular flexibility index (Phi) is 6.07. The molecule has 1 saturated heterocycles. The van der Waals surface area contributed by atoms with E-state index >= 15 is 0 Å². The number of rotatable bonds is 7. The third kappa shape index (κ3) is 4.28. The fourth-order valence-corrected chi connectivity index (χ4v) is 4.39. The van der Waals surface area contributed by atoms with Gasteiger partial charge >= 0.3 is 0 Å². The Balaban J connectivity index is 1.45. The maximum Gasteiger partial charge on any atom is 0.242 e. The molecule has 4 rings (SSSR count). The van der Waals surface area contributed by atoms with Crippen molar-refractivity contribution in [2.24, 2.45) is 0 Å². The molecular formula is C21H22ClN3O2S. The van der Waals surface area contributed by atoms with E-state index in [1.54, 1.807) is 11.8 Å². The molecule has 5 nitrogen and oxygen atoms in total. The maximum atomic E-state index is 12.7. The third-order valence-electron chi connectivity index (χ3n) is 4.78. The summed E-state index contributed by atoms with van der Waals surface area (Å²) in [5.41, 5.74) is 1.90. The van der Waals surface area contributed by atoms with Crippen molar-refractivity contribution in [3.63, 3.8) is 0 Å². The van der Waals surface area contributed by atoms with Crippen LogP contribution in [-0.2, 0) is 11.3 Å². The lowest BCUT2D eigenvalue weighted by Gasteiger charge is -2.17. The van der Waals surface area contributed by atoms with Crippen molar-refractivity contribution in [1.29, 1.82) is 0 Å². The van der Waals surface area contributed by atoms with Gasteiger partial charge in [0.05, 0.1) is 22.7 Å². The quantitative estimate of drug-likeness (QED) is 0.421. The number of carbonyl (C=O) groups is 1. The van der Waals surface area contributed by atoms with Gasteiger partial charge < -0.3 is 14.2 Å². The number of para-hydroxylation sites is 3. The first kappa shape index (κ1) is 19.2. The van der Waals surface area contributed by atoms with E-state index in [9.17, 15) is 4.79 Å². The lowest BCUT2D eigenvalue weighted by Crippen LogP contribution is -2.31. The van der Waals surface area contributed by atoms with E-state index in [0.29, 0.717) is 29.7 Å². The van der Waals surface area contributed by atoms with Crippen LogP contribution in [0.15, 0.2) is 53.7 Å². The Morgan fingerprint density at radius 2 is 1.86 bits per heavy atom. The first-order chi connectivity index (χ1) is 13.7. The number of likely N-dealkylation sites (tertiary alicyclic amines) is 1. The molecule has 1 aromatic heterocycles. The second-order valence-corrected chi connectivity index (χ2v) is 8.15. The highest BCUT2D eigenvalue weighted by molar-refractivity contribution is 7.99. The van der Waals surface area contributed by atoms with Crippen molar-refractivity contribution >= 4 is 40.3 Å². The van der Waals surface area contributed by atoms with Crippen molar-refractivity contribution in [3.05, 3.63) is 53.6 Å². The van der Waals surface area contributed by atoms with Gasteiger partial charge in [0.25, 0.3) is 0 Å². The fraction of sp³-hybridized carbons (Fsp3) is 0.333. The van der Waals surface area contributed by atoms with Crippen LogP contribution >= 0.6 is 23.4 Å². The molecule has 3 aromatic rings. The highest BCUT2D eigenvalue weighted by Gasteiger charge is 2.21. The van der Waals surface area contributed by atoms with Crippen LogP contribution in [0.4, 0.5) is 0 Å². The van der Waals surface area contributed by atoms with E-state index in [1.807, 2.05) is 58.0 Å². The maximum absolute atomic E-state index is 12.7. The molecule has 0 saturated carbocycles. The molecule has 0 radical (unpaired) electrons. The Labute approximate surface area is 173 Å². The molecule has 146 valence electrons. The van der Waals surface area contributed by atoms with Crippen molar-refractivity contribution in [3.8, 4) is 5.75 Å². The van der Waals surface area contributed by atoms with Gasteiger partial charge in [-0.25, -0.2) is 4.98 Å². The molecule has 2 heterocycles. The van der Waals surface area contributed by atoms with Gasteiger partial charge in [-0.15, -0.1) is 0 Å². The number of halogens is 1. The van der Waals surface area contributed by atoms with Crippen LogP contribution in [0.2, 0.25) is 5.02 Å². The van der Waals surface area contributed by atoms with E-state index in [4.69, 9.17) is 21.3 Å². The topological polar surface area (TPSA) is 47.4 Å². The van der Waals surface area contributed by atoms with Crippen LogP contribution in [0.25, 0.3) is 11.0 Å². The Morgan fingerprint density at radius 3 is 2.68 bits per heavy atom. The Hall–Kier alpha value is -2.18. The molecule has 0 bridgehead atoms. The zero-order valence-corrected chi connectivity index (χ0v) is 17.1. The number of ether oxygens (including phenoxy) is 1. The van der Waals surface area contributed by atoms with Crippen LogP contribution in [0.3, 0.4) is 0 Å². The minimum Gasteiger partial charge on any atom is -0.491 e. The number of aromatic nitrogens is 2. The molecule has 1 fully saturated rings. The van der Waals surface area contributed by atoms with Gasteiger partial charge in [0.1, 0.15) is 12.3 Å². The SMILES string of the molecule is O=C(Cn1c(SCCOc2ccccc2Cl)nc2ccccc21)N1CCCC1. The molecule has 1 aliphatic rings. The highest BCUT2D eigenvalue weighted by Crippen LogP contribution is 2.26. The Bertz CT molecular complexity index is 969. The highest BCUT2D eigenvalue weighted by atomic mass is 35.5. The second-order valence-electron chi connectivity index (χ2n) is 6.68. The normalized spacial score (nSPS) is 14.0. The molecule has 0 atom stereocenters. The number of imidazole rings is 1. The number of hydrogen-bond acceptors (Lipinski definition) is 4. The van der Waals surface area contributed by atoms with E-state index in [2.05, 4.69) is 0 Å². The van der Waals surface area contributed by atoms with Gasteiger partial charge in [-0.05, 0) is 37.1 Å². The number of nitrogens with zero attached hydrogens (tertiary/aromatic N) is 3. The summed E-state index contributed by atoms with van der Waals surface area (Å²) in [5, 5.41) is 1.45. The molecule has 28 heavy (non-hydrogen) atoms. The number of fused-ring (bicyclic) bond motifs is 1. The second kappa shape index (κ2) is 8.88. The average molecular weight is 416 g/mol. The lowest BCUT2D eigenvalue weighted by molar-refractivity contribution is -0.130. The summed E-state index contributed by atoms with van der Waals surface area (Å²) >= 11 is 7.72. The Morgan fingerprint density at radius 1 is 1.11 bits per heavy atom. The largest absolute Gasteiger partial charge is 0.491 e. The van der Waals surface area contributed by atoms with Crippen molar-refractivity contribution in [1.82, 2.24) is 14.5 Å². The van der Waals surface area contributed by atoms with Crippen molar-refractivity contribution in [2.45, 2.75) is 24.5 Å². The van der Waals surface area contributed by atoms with Crippen LogP contribution in [-0.4, -0.2) is 45.8 Å². The summed E-state index contributed by atoms with van der Waals surface area (Å²) in [6.45, 7) is 2.56. The first-order valence-corrected chi connectivity index (χ1v) is 10.8. The van der Waals surface area contributed by atoms with Gasteiger partial charge in [-0.2, -0.15) is 0 Å². The first-order valence-electron chi connectivity index (χ1n) is 9.45. The minimum atomic E-state index is 0.162. The van der Waals surface area contributed by atoms with Gasteiger partial charge in [0.15, 0.2) is 5.16 Å². The lowest BCUT2D eigenvalue weighted by atomic mass is 10.3. The molecule has 0 spiro atoms. The number of benzene rings is 2. The van der Waals surface area contributed by atoms with E-state index < -0.39 is 0 Å². The number of thioether (sulfide) groups is 1. The van der Waals surface area contributed by atoms with Crippen LogP contribution < -0.4 is 4.74 Å². The number of amides is 1. The smallest absolute Gasteiger partial charge is 0.242 e. The summed E-state index contributed by atoms with van der Waals surface area (Å²) in [4.78, 5) is 19.4. The predicted octanol–water partition coefficient (Wildman–Crippen LogP) is 4.48. The predicted molar refractivity (Wildman–Crippen MR) is 113 cm³/mol. The van der Waals surface area contributed by atoms with Gasteiger partial charge in [0, 0.05) is 18.8 Å². The summed E-state index contributed by atoms with van der Waals surface area (Å²) in [7, 11) is 0. The molecule has 1 aliphatic heterocycles. The molecule has 1 amide bonds. The standard InChI is InChI=1S/C21H22ClN3O2S/c22-16-7-1-4-10-19(16)27-13-14-28-21-23-17-8-2-3-9-18(17)25(21)15-20(26)24-11-5-6-12-24/h1-4,7-10H,5-6,11-15H2.